The van der Waals surface area contributed by atoms with Crippen molar-refractivity contribution in [3.8, 4) is 5.75 Å². The van der Waals surface area contributed by atoms with Crippen molar-refractivity contribution in [3.63, 3.8) is 0 Å². The highest BCUT2D eigenvalue weighted by Crippen LogP contribution is 2.31. The van der Waals surface area contributed by atoms with Crippen LogP contribution in [0.25, 0.3) is 0 Å². The second kappa shape index (κ2) is 6.16. The number of likely N-dealkylation sites (tertiary alicyclic amines) is 1. The number of benzene rings is 1. The first kappa shape index (κ1) is 15.2. The van der Waals surface area contributed by atoms with Crippen molar-refractivity contribution in [2.75, 3.05) is 13.1 Å². The van der Waals surface area contributed by atoms with E-state index in [2.05, 4.69) is 5.32 Å². The SMILES string of the molecule is CC(=O)N1CCC(NC(=O)[C@@H]2Cc3cc(Cl)ccc3O2)CC1. The van der Waals surface area contributed by atoms with Gasteiger partial charge in [0.25, 0.3) is 5.91 Å². The van der Waals surface area contributed by atoms with Crippen LogP contribution in [0.5, 0.6) is 5.75 Å². The highest BCUT2D eigenvalue weighted by molar-refractivity contribution is 6.30. The number of carbonyl (C=O) groups excluding carboxylic acids is 2. The fraction of sp³-hybridized carbons (Fsp3) is 0.500. The standard InChI is InChI=1S/C16H19ClN2O3/c1-10(20)19-6-4-13(5-7-19)18-16(21)15-9-11-8-12(17)2-3-14(11)22-15/h2-3,8,13,15H,4-7,9H2,1H3,(H,18,21)/t15-/m0/s1. The van der Waals surface area contributed by atoms with E-state index in [0.29, 0.717) is 24.5 Å². The minimum absolute atomic E-state index is 0.0893. The molecule has 1 saturated heterocycles. The van der Waals surface area contributed by atoms with Gasteiger partial charge in [-0.15, -0.1) is 0 Å². The molecule has 0 radical (unpaired) electrons. The van der Waals surface area contributed by atoms with Crippen LogP contribution in [0.15, 0.2) is 18.2 Å². The molecule has 1 fully saturated rings. The molecule has 118 valence electrons. The molecular formula is C16H19ClN2O3. The van der Waals surface area contributed by atoms with E-state index in [1.54, 1.807) is 19.1 Å². The van der Waals surface area contributed by atoms with Gasteiger partial charge in [-0.3, -0.25) is 9.59 Å². The van der Waals surface area contributed by atoms with E-state index in [1.165, 1.54) is 0 Å². The molecule has 2 aliphatic rings. The van der Waals surface area contributed by atoms with Crippen molar-refractivity contribution in [2.45, 2.75) is 38.3 Å². The van der Waals surface area contributed by atoms with Gasteiger partial charge in [0.05, 0.1) is 0 Å². The third-order valence-electron chi connectivity index (χ3n) is 4.28. The zero-order chi connectivity index (χ0) is 15.7. The van der Waals surface area contributed by atoms with Crippen molar-refractivity contribution < 1.29 is 14.3 Å². The minimum atomic E-state index is -0.487. The van der Waals surface area contributed by atoms with E-state index in [-0.39, 0.29) is 17.9 Å². The van der Waals surface area contributed by atoms with Gasteiger partial charge in [-0.25, -0.2) is 0 Å². The summed E-state index contributed by atoms with van der Waals surface area (Å²) in [5.74, 6) is 0.737. The normalized spacial score (nSPS) is 21.2. The van der Waals surface area contributed by atoms with Gasteiger partial charge in [0.2, 0.25) is 5.91 Å². The number of rotatable bonds is 2. The maximum atomic E-state index is 12.3. The molecule has 2 heterocycles. The van der Waals surface area contributed by atoms with Crippen LogP contribution in [0.2, 0.25) is 5.02 Å². The Morgan fingerprint density at radius 1 is 1.32 bits per heavy atom. The van der Waals surface area contributed by atoms with Crippen molar-refractivity contribution in [1.29, 1.82) is 0 Å². The number of nitrogens with one attached hydrogen (secondary N) is 1. The molecule has 6 heteroatoms. The van der Waals surface area contributed by atoms with Crippen LogP contribution in [0.4, 0.5) is 0 Å². The number of hydrogen-bond donors (Lipinski definition) is 1. The predicted octanol–water partition coefficient (Wildman–Crippen LogP) is 1.77. The maximum Gasteiger partial charge on any atom is 0.261 e. The van der Waals surface area contributed by atoms with Gasteiger partial charge in [0.1, 0.15) is 5.75 Å². The summed E-state index contributed by atoms with van der Waals surface area (Å²) < 4.78 is 5.69. The van der Waals surface area contributed by atoms with Gasteiger partial charge in [-0.1, -0.05) is 11.6 Å². The molecule has 1 aromatic carbocycles. The van der Waals surface area contributed by atoms with E-state index in [1.807, 2.05) is 11.0 Å². The molecule has 2 amide bonds. The first-order chi connectivity index (χ1) is 10.5. The molecule has 1 aromatic rings. The lowest BCUT2D eigenvalue weighted by molar-refractivity contribution is -0.130. The lowest BCUT2D eigenvalue weighted by Gasteiger charge is -2.32. The van der Waals surface area contributed by atoms with Gasteiger partial charge in [0.15, 0.2) is 6.10 Å². The monoisotopic (exact) mass is 322 g/mol. The highest BCUT2D eigenvalue weighted by atomic mass is 35.5. The van der Waals surface area contributed by atoms with Crippen LogP contribution >= 0.6 is 11.6 Å². The van der Waals surface area contributed by atoms with Crippen molar-refractivity contribution in [2.24, 2.45) is 0 Å². The van der Waals surface area contributed by atoms with Gasteiger partial charge in [-0.2, -0.15) is 0 Å². The molecule has 1 N–H and O–H groups in total. The summed E-state index contributed by atoms with van der Waals surface area (Å²) >= 11 is 5.96. The lowest BCUT2D eigenvalue weighted by Crippen LogP contribution is -2.49. The zero-order valence-electron chi connectivity index (χ0n) is 12.5. The van der Waals surface area contributed by atoms with Gasteiger partial charge >= 0.3 is 0 Å². The number of carbonyl (C=O) groups is 2. The summed E-state index contributed by atoms with van der Waals surface area (Å²) in [4.78, 5) is 25.4. The second-order valence-electron chi connectivity index (χ2n) is 5.85. The Kier molecular flexibility index (Phi) is 4.25. The summed E-state index contributed by atoms with van der Waals surface area (Å²) in [7, 11) is 0. The van der Waals surface area contributed by atoms with Crippen molar-refractivity contribution in [3.05, 3.63) is 28.8 Å². The number of amides is 2. The molecule has 0 unspecified atom stereocenters. The van der Waals surface area contributed by atoms with E-state index >= 15 is 0 Å². The van der Waals surface area contributed by atoms with Gasteiger partial charge in [-0.05, 0) is 36.6 Å². The number of piperidine rings is 1. The first-order valence-electron chi connectivity index (χ1n) is 7.54. The third kappa shape index (κ3) is 3.19. The van der Waals surface area contributed by atoms with Gasteiger partial charge in [0, 0.05) is 37.5 Å². The molecule has 0 aliphatic carbocycles. The first-order valence-corrected chi connectivity index (χ1v) is 7.91. The van der Waals surface area contributed by atoms with Crippen molar-refractivity contribution in [1.82, 2.24) is 10.2 Å². The minimum Gasteiger partial charge on any atom is -0.480 e. The van der Waals surface area contributed by atoms with E-state index in [9.17, 15) is 9.59 Å². The Morgan fingerprint density at radius 3 is 2.73 bits per heavy atom. The Balaban J connectivity index is 1.53. The van der Waals surface area contributed by atoms with Crippen LogP contribution < -0.4 is 10.1 Å². The number of ether oxygens (including phenoxy) is 1. The average Bonchev–Trinajstić information content (AvgIpc) is 2.91. The number of halogens is 1. The summed E-state index contributed by atoms with van der Waals surface area (Å²) in [6, 6.07) is 5.52. The number of fused-ring (bicyclic) bond motifs is 1. The Hall–Kier alpha value is -1.75. The fourth-order valence-corrected chi connectivity index (χ4v) is 3.19. The number of hydrogen-bond acceptors (Lipinski definition) is 3. The van der Waals surface area contributed by atoms with E-state index in [4.69, 9.17) is 16.3 Å². The largest absolute Gasteiger partial charge is 0.480 e. The quantitative estimate of drug-likeness (QED) is 0.903. The van der Waals surface area contributed by atoms with Crippen LogP contribution in [-0.2, 0) is 16.0 Å². The van der Waals surface area contributed by atoms with Crippen LogP contribution in [0.3, 0.4) is 0 Å². The molecule has 0 bridgehead atoms. The summed E-state index contributed by atoms with van der Waals surface area (Å²) in [6.07, 6.45) is 1.64. The van der Waals surface area contributed by atoms with Crippen LogP contribution in [-0.4, -0.2) is 41.9 Å². The topological polar surface area (TPSA) is 58.6 Å². The molecule has 3 rings (SSSR count). The molecule has 0 saturated carbocycles. The zero-order valence-corrected chi connectivity index (χ0v) is 13.2. The molecule has 0 spiro atoms. The molecule has 1 atom stereocenters. The average molecular weight is 323 g/mol. The molecule has 22 heavy (non-hydrogen) atoms. The Morgan fingerprint density at radius 2 is 2.05 bits per heavy atom. The summed E-state index contributed by atoms with van der Waals surface area (Å²) in [5, 5.41) is 3.69. The predicted molar refractivity (Wildman–Crippen MR) is 83.0 cm³/mol. The maximum absolute atomic E-state index is 12.3. The highest BCUT2D eigenvalue weighted by Gasteiger charge is 2.31. The Bertz CT molecular complexity index is 597. The molecule has 0 aromatic heterocycles. The van der Waals surface area contributed by atoms with E-state index in [0.717, 1.165) is 24.2 Å². The van der Waals surface area contributed by atoms with Crippen LogP contribution in [0, 0.1) is 0 Å². The fourth-order valence-electron chi connectivity index (χ4n) is 3.00. The van der Waals surface area contributed by atoms with E-state index < -0.39 is 6.10 Å². The van der Waals surface area contributed by atoms with Gasteiger partial charge < -0.3 is 15.0 Å². The lowest BCUT2D eigenvalue weighted by atomic mass is 10.0. The third-order valence-corrected chi connectivity index (χ3v) is 4.51. The van der Waals surface area contributed by atoms with Crippen molar-refractivity contribution >= 4 is 23.4 Å². The molecule has 5 nitrogen and oxygen atoms in total. The summed E-state index contributed by atoms with van der Waals surface area (Å²) in [5.41, 5.74) is 0.971. The molecule has 2 aliphatic heterocycles. The molecular weight excluding hydrogens is 304 g/mol. The summed E-state index contributed by atoms with van der Waals surface area (Å²) in [6.45, 7) is 2.97. The number of nitrogens with zero attached hydrogens (tertiary/aromatic N) is 1. The smallest absolute Gasteiger partial charge is 0.261 e. The second-order valence-corrected chi connectivity index (χ2v) is 6.29. The van der Waals surface area contributed by atoms with Crippen LogP contribution in [0.1, 0.15) is 25.3 Å². The Labute approximate surface area is 134 Å².